The molecule has 0 fully saturated rings. The Morgan fingerprint density at radius 2 is 2.00 bits per heavy atom. The summed E-state index contributed by atoms with van der Waals surface area (Å²) < 4.78 is 1.75. The zero-order valence-corrected chi connectivity index (χ0v) is 11.0. The number of hydrogen-bond acceptors (Lipinski definition) is 3. The maximum atomic E-state index is 9.62. The van der Waals surface area contributed by atoms with Crippen LogP contribution < -0.4 is 5.73 Å². The Morgan fingerprint density at radius 1 is 1.38 bits per heavy atom. The monoisotopic (exact) mass is 405 g/mol. The van der Waals surface area contributed by atoms with E-state index in [2.05, 4.69) is 22.6 Å². The van der Waals surface area contributed by atoms with Gasteiger partial charge in [0.1, 0.15) is 5.75 Å². The average molecular weight is 405 g/mol. The minimum absolute atomic E-state index is 0.163. The lowest BCUT2D eigenvalue weighted by Crippen LogP contribution is -2.15. The molecule has 0 aliphatic carbocycles. The lowest BCUT2D eigenvalue weighted by atomic mass is 10.1. The van der Waals surface area contributed by atoms with Crippen molar-refractivity contribution >= 4 is 45.2 Å². The summed E-state index contributed by atoms with van der Waals surface area (Å²) in [6.07, 6.45) is 0. The third kappa shape index (κ3) is 2.67. The van der Waals surface area contributed by atoms with E-state index < -0.39 is 6.04 Å². The molecule has 0 radical (unpaired) electrons. The Kier molecular flexibility index (Phi) is 4.20. The molecule has 0 aliphatic heterocycles. The summed E-state index contributed by atoms with van der Waals surface area (Å²) in [6.45, 7) is -0.163. The molecule has 3 nitrogen and oxygen atoms in total. The number of nitrogens with two attached hydrogens (primary N) is 1. The van der Waals surface area contributed by atoms with Crippen molar-refractivity contribution in [3.05, 3.63) is 24.8 Å². The predicted octanol–water partition coefficient (Wildman–Crippen LogP) is 1.59. The molecule has 5 heteroatoms. The van der Waals surface area contributed by atoms with Crippen LogP contribution in [0.2, 0.25) is 0 Å². The lowest BCUT2D eigenvalue weighted by molar-refractivity contribution is 0.265. The number of phenolic OH excluding ortho intramolecular Hbond substituents is 1. The van der Waals surface area contributed by atoms with Gasteiger partial charge in [0.2, 0.25) is 0 Å². The van der Waals surface area contributed by atoms with Crippen LogP contribution in [0.25, 0.3) is 0 Å². The summed E-state index contributed by atoms with van der Waals surface area (Å²) in [7, 11) is 0. The summed E-state index contributed by atoms with van der Waals surface area (Å²) in [5.41, 5.74) is 6.21. The largest absolute Gasteiger partial charge is 0.506 e. The van der Waals surface area contributed by atoms with Crippen molar-refractivity contribution in [1.82, 2.24) is 0 Å². The number of rotatable bonds is 2. The number of phenols is 1. The van der Waals surface area contributed by atoms with Crippen molar-refractivity contribution in [2.75, 3.05) is 6.61 Å². The van der Waals surface area contributed by atoms with Crippen LogP contribution in [0, 0.1) is 7.14 Å². The van der Waals surface area contributed by atoms with Crippen LogP contribution in [-0.2, 0) is 0 Å². The zero-order chi connectivity index (χ0) is 10.0. The van der Waals surface area contributed by atoms with Gasteiger partial charge in [-0.1, -0.05) is 0 Å². The molecule has 0 amide bonds. The quantitative estimate of drug-likeness (QED) is 0.656. The van der Waals surface area contributed by atoms with Gasteiger partial charge in [-0.2, -0.15) is 0 Å². The first kappa shape index (κ1) is 11.5. The SMILES string of the molecule is N[C@H](CO)c1cc(I)cc(I)c1O. The fourth-order valence-corrected chi connectivity index (χ4v) is 2.86. The molecule has 0 spiro atoms. The third-order valence-corrected chi connectivity index (χ3v) is 3.10. The number of hydrogen-bond donors (Lipinski definition) is 3. The molecule has 1 atom stereocenters. The summed E-state index contributed by atoms with van der Waals surface area (Å²) >= 11 is 4.18. The van der Waals surface area contributed by atoms with Gasteiger partial charge in [0.15, 0.2) is 0 Å². The van der Waals surface area contributed by atoms with Gasteiger partial charge in [-0.3, -0.25) is 0 Å². The Labute approximate surface area is 104 Å². The first-order valence-electron chi connectivity index (χ1n) is 3.60. The maximum absolute atomic E-state index is 9.62. The van der Waals surface area contributed by atoms with Gasteiger partial charge in [-0.15, -0.1) is 0 Å². The van der Waals surface area contributed by atoms with Gasteiger partial charge in [-0.05, 0) is 57.3 Å². The highest BCUT2D eigenvalue weighted by atomic mass is 127. The highest BCUT2D eigenvalue weighted by Crippen LogP contribution is 2.30. The molecule has 0 aliphatic rings. The van der Waals surface area contributed by atoms with E-state index in [-0.39, 0.29) is 12.4 Å². The first-order valence-corrected chi connectivity index (χ1v) is 5.76. The summed E-state index contributed by atoms with van der Waals surface area (Å²) in [5, 5.41) is 18.5. The Balaban J connectivity index is 3.20. The molecule has 0 saturated heterocycles. The van der Waals surface area contributed by atoms with Crippen LogP contribution in [0.3, 0.4) is 0 Å². The topological polar surface area (TPSA) is 66.5 Å². The van der Waals surface area contributed by atoms with Crippen molar-refractivity contribution in [2.45, 2.75) is 6.04 Å². The minimum atomic E-state index is -0.511. The molecular formula is C8H9I2NO2. The van der Waals surface area contributed by atoms with E-state index in [4.69, 9.17) is 10.8 Å². The maximum Gasteiger partial charge on any atom is 0.133 e. The molecule has 0 heterocycles. The molecule has 1 aromatic carbocycles. The van der Waals surface area contributed by atoms with Crippen LogP contribution >= 0.6 is 45.2 Å². The Morgan fingerprint density at radius 3 is 2.54 bits per heavy atom. The van der Waals surface area contributed by atoms with E-state index in [1.54, 1.807) is 6.07 Å². The fourth-order valence-electron chi connectivity index (χ4n) is 0.967. The van der Waals surface area contributed by atoms with Gasteiger partial charge < -0.3 is 15.9 Å². The molecule has 0 aromatic heterocycles. The summed E-state index contributed by atoms with van der Waals surface area (Å²) in [5.74, 6) is 0.169. The van der Waals surface area contributed by atoms with Crippen molar-refractivity contribution in [3.8, 4) is 5.75 Å². The van der Waals surface area contributed by atoms with E-state index in [1.807, 2.05) is 28.7 Å². The zero-order valence-electron chi connectivity index (χ0n) is 6.67. The molecule has 0 bridgehead atoms. The van der Waals surface area contributed by atoms with E-state index >= 15 is 0 Å². The average Bonchev–Trinajstić information content (AvgIpc) is 2.10. The highest BCUT2D eigenvalue weighted by molar-refractivity contribution is 14.1. The Bertz CT molecular complexity index is 317. The summed E-state index contributed by atoms with van der Waals surface area (Å²) in [6, 6.07) is 3.12. The van der Waals surface area contributed by atoms with E-state index in [9.17, 15) is 5.11 Å². The second kappa shape index (κ2) is 4.76. The van der Waals surface area contributed by atoms with E-state index in [0.717, 1.165) is 7.14 Å². The van der Waals surface area contributed by atoms with Crippen molar-refractivity contribution in [2.24, 2.45) is 5.73 Å². The molecule has 72 valence electrons. The number of aromatic hydroxyl groups is 1. The number of aliphatic hydroxyl groups is 1. The van der Waals surface area contributed by atoms with E-state index in [0.29, 0.717) is 5.56 Å². The Hall–Kier alpha value is 0.400. The van der Waals surface area contributed by atoms with Gasteiger partial charge in [0.25, 0.3) is 0 Å². The van der Waals surface area contributed by atoms with Gasteiger partial charge in [0.05, 0.1) is 16.2 Å². The van der Waals surface area contributed by atoms with Crippen molar-refractivity contribution in [1.29, 1.82) is 0 Å². The molecule has 1 rings (SSSR count). The van der Waals surface area contributed by atoms with Crippen LogP contribution in [-0.4, -0.2) is 16.8 Å². The van der Waals surface area contributed by atoms with Gasteiger partial charge >= 0.3 is 0 Å². The fraction of sp³-hybridized carbons (Fsp3) is 0.250. The van der Waals surface area contributed by atoms with Crippen molar-refractivity contribution < 1.29 is 10.2 Å². The second-order valence-corrected chi connectivity index (χ2v) is 5.02. The lowest BCUT2D eigenvalue weighted by Gasteiger charge is -2.12. The molecule has 1 aromatic rings. The normalized spacial score (nSPS) is 12.9. The molecule has 4 N–H and O–H groups in total. The van der Waals surface area contributed by atoms with E-state index in [1.165, 1.54) is 0 Å². The third-order valence-electron chi connectivity index (χ3n) is 1.65. The van der Waals surface area contributed by atoms with Crippen LogP contribution in [0.4, 0.5) is 0 Å². The summed E-state index contributed by atoms with van der Waals surface area (Å²) in [4.78, 5) is 0. The second-order valence-electron chi connectivity index (χ2n) is 2.61. The van der Waals surface area contributed by atoms with Crippen LogP contribution in [0.15, 0.2) is 12.1 Å². The number of aliphatic hydroxyl groups excluding tert-OH is 1. The molecule has 13 heavy (non-hydrogen) atoms. The number of halogens is 2. The first-order chi connectivity index (χ1) is 6.06. The smallest absolute Gasteiger partial charge is 0.133 e. The molecule has 0 unspecified atom stereocenters. The molecule has 0 saturated carbocycles. The van der Waals surface area contributed by atoms with Crippen LogP contribution in [0.1, 0.15) is 11.6 Å². The minimum Gasteiger partial charge on any atom is -0.506 e. The molecular weight excluding hydrogens is 396 g/mol. The standard InChI is InChI=1S/C8H9I2NO2/c9-4-1-5(7(11)3-12)8(13)6(10)2-4/h1-2,7,12-13H,3,11H2/t7-/m1/s1. The highest BCUT2D eigenvalue weighted by Gasteiger charge is 2.13. The van der Waals surface area contributed by atoms with Gasteiger partial charge in [-0.25, -0.2) is 0 Å². The van der Waals surface area contributed by atoms with Gasteiger partial charge in [0, 0.05) is 9.13 Å². The van der Waals surface area contributed by atoms with Crippen molar-refractivity contribution in [3.63, 3.8) is 0 Å². The predicted molar refractivity (Wildman–Crippen MR) is 67.6 cm³/mol. The van der Waals surface area contributed by atoms with Crippen LogP contribution in [0.5, 0.6) is 5.75 Å². The number of benzene rings is 1.